The molecule has 2 heteroatoms. The number of nitrogens with zero attached hydrogens (tertiary/aromatic N) is 1. The van der Waals surface area contributed by atoms with E-state index in [0.29, 0.717) is 5.92 Å². The number of hydrogen-bond acceptors (Lipinski definition) is 2. The number of rotatable bonds is 2. The molecular weight excluding hydrogens is 246 g/mol. The maximum Gasteiger partial charge on any atom is 0.0818 e. The van der Waals surface area contributed by atoms with Crippen molar-refractivity contribution in [2.45, 2.75) is 51.6 Å². The lowest BCUT2D eigenvalue weighted by Crippen LogP contribution is -2.25. The quantitative estimate of drug-likeness (QED) is 0.882. The van der Waals surface area contributed by atoms with Crippen LogP contribution in [-0.4, -0.2) is 18.7 Å². The fraction of sp³-hybridized carbons (Fsp3) is 0.667. The lowest BCUT2D eigenvalue weighted by Gasteiger charge is -2.32. The first-order chi connectivity index (χ1) is 9.65. The van der Waals surface area contributed by atoms with Crippen LogP contribution in [-0.2, 0) is 6.42 Å². The number of aliphatic hydroxyl groups is 1. The molecule has 2 aliphatic rings. The molecule has 0 radical (unpaired) electrons. The van der Waals surface area contributed by atoms with Crippen LogP contribution in [0, 0.1) is 11.8 Å². The van der Waals surface area contributed by atoms with E-state index in [0.717, 1.165) is 24.4 Å². The second-order valence-corrected chi connectivity index (χ2v) is 6.89. The maximum atomic E-state index is 10.7. The molecule has 1 fully saturated rings. The lowest BCUT2D eigenvalue weighted by molar-refractivity contribution is 0.0713. The van der Waals surface area contributed by atoms with E-state index in [4.69, 9.17) is 0 Å². The zero-order chi connectivity index (χ0) is 14.1. The normalized spacial score (nSPS) is 28.1. The van der Waals surface area contributed by atoms with Crippen molar-refractivity contribution in [2.24, 2.45) is 11.8 Å². The molecule has 0 spiro atoms. The number of aliphatic hydroxyl groups excluding tert-OH is 1. The molecule has 3 unspecified atom stereocenters. The molecule has 3 rings (SSSR count). The molecule has 3 atom stereocenters. The number of fused-ring (bicyclic) bond motifs is 1. The third-order valence-corrected chi connectivity index (χ3v) is 5.22. The van der Waals surface area contributed by atoms with E-state index in [1.807, 2.05) is 0 Å². The van der Waals surface area contributed by atoms with Crippen molar-refractivity contribution in [3.8, 4) is 0 Å². The highest BCUT2D eigenvalue weighted by Crippen LogP contribution is 2.38. The van der Waals surface area contributed by atoms with Crippen LogP contribution in [0.5, 0.6) is 0 Å². The van der Waals surface area contributed by atoms with Crippen molar-refractivity contribution in [1.29, 1.82) is 0 Å². The summed E-state index contributed by atoms with van der Waals surface area (Å²) in [5.74, 6) is 1.23. The Bertz CT molecular complexity index is 470. The summed E-state index contributed by atoms with van der Waals surface area (Å²) < 4.78 is 0. The summed E-state index contributed by atoms with van der Waals surface area (Å²) in [5, 5.41) is 10.7. The average molecular weight is 273 g/mol. The van der Waals surface area contributed by atoms with Gasteiger partial charge in [-0.25, -0.2) is 0 Å². The standard InChI is InChI=1S/C18H27NO/c1-13-5-3-6-15(11-13)18(20)16-8-9-17-14(12-16)7-4-10-19(17)2/h8-9,12-13,15,18,20H,3-7,10-11H2,1-2H3. The molecule has 0 bridgehead atoms. The fourth-order valence-electron chi connectivity index (χ4n) is 4.03. The Hall–Kier alpha value is -1.02. The maximum absolute atomic E-state index is 10.7. The summed E-state index contributed by atoms with van der Waals surface area (Å²) >= 11 is 0. The molecule has 1 aliphatic heterocycles. The van der Waals surface area contributed by atoms with Gasteiger partial charge in [-0.1, -0.05) is 31.9 Å². The van der Waals surface area contributed by atoms with Gasteiger partial charge >= 0.3 is 0 Å². The van der Waals surface area contributed by atoms with E-state index in [1.54, 1.807) is 0 Å². The molecule has 2 nitrogen and oxygen atoms in total. The minimum Gasteiger partial charge on any atom is -0.388 e. The highest BCUT2D eigenvalue weighted by atomic mass is 16.3. The lowest BCUT2D eigenvalue weighted by atomic mass is 9.77. The van der Waals surface area contributed by atoms with Gasteiger partial charge in [0.2, 0.25) is 0 Å². The van der Waals surface area contributed by atoms with Gasteiger partial charge < -0.3 is 10.0 Å². The summed E-state index contributed by atoms with van der Waals surface area (Å²) in [4.78, 5) is 2.33. The van der Waals surface area contributed by atoms with Gasteiger partial charge in [-0.3, -0.25) is 0 Å². The van der Waals surface area contributed by atoms with E-state index < -0.39 is 0 Å². The minimum absolute atomic E-state index is 0.268. The molecule has 0 amide bonds. The predicted molar refractivity (Wildman–Crippen MR) is 84.1 cm³/mol. The first-order valence-electron chi connectivity index (χ1n) is 8.17. The van der Waals surface area contributed by atoms with Crippen LogP contribution in [0.1, 0.15) is 56.3 Å². The largest absolute Gasteiger partial charge is 0.388 e. The number of anilines is 1. The summed E-state index contributed by atoms with van der Waals surface area (Å²) in [7, 11) is 2.16. The van der Waals surface area contributed by atoms with E-state index >= 15 is 0 Å². The highest BCUT2D eigenvalue weighted by molar-refractivity contribution is 5.56. The monoisotopic (exact) mass is 273 g/mol. The smallest absolute Gasteiger partial charge is 0.0818 e. The Balaban J connectivity index is 1.79. The second-order valence-electron chi connectivity index (χ2n) is 6.89. The second kappa shape index (κ2) is 5.77. The topological polar surface area (TPSA) is 23.5 Å². The van der Waals surface area contributed by atoms with Crippen LogP contribution in [0.25, 0.3) is 0 Å². The van der Waals surface area contributed by atoms with Crippen molar-refractivity contribution < 1.29 is 5.11 Å². The predicted octanol–water partition coefficient (Wildman–Crippen LogP) is 3.93. The molecule has 20 heavy (non-hydrogen) atoms. The van der Waals surface area contributed by atoms with Gasteiger partial charge in [0, 0.05) is 19.3 Å². The van der Waals surface area contributed by atoms with Crippen molar-refractivity contribution in [1.82, 2.24) is 0 Å². The third-order valence-electron chi connectivity index (χ3n) is 5.22. The van der Waals surface area contributed by atoms with E-state index in [-0.39, 0.29) is 6.10 Å². The van der Waals surface area contributed by atoms with Crippen LogP contribution in [0.2, 0.25) is 0 Å². The summed E-state index contributed by atoms with van der Waals surface area (Å²) in [6.45, 7) is 3.47. The molecule has 1 saturated carbocycles. The van der Waals surface area contributed by atoms with Crippen LogP contribution < -0.4 is 4.90 Å². The molecular formula is C18H27NO. The van der Waals surface area contributed by atoms with Gasteiger partial charge in [-0.15, -0.1) is 0 Å². The zero-order valence-corrected chi connectivity index (χ0v) is 12.8. The van der Waals surface area contributed by atoms with Crippen molar-refractivity contribution in [3.63, 3.8) is 0 Å². The van der Waals surface area contributed by atoms with Gasteiger partial charge in [0.15, 0.2) is 0 Å². The summed E-state index contributed by atoms with van der Waals surface area (Å²) in [6.07, 6.45) is 7.08. The zero-order valence-electron chi connectivity index (χ0n) is 12.8. The fourth-order valence-corrected chi connectivity index (χ4v) is 4.03. The van der Waals surface area contributed by atoms with Gasteiger partial charge in [-0.05, 0) is 54.7 Å². The number of hydrogen-bond donors (Lipinski definition) is 1. The molecule has 0 saturated heterocycles. The van der Waals surface area contributed by atoms with Crippen LogP contribution in [0.4, 0.5) is 5.69 Å². The third kappa shape index (κ3) is 2.71. The van der Waals surface area contributed by atoms with Gasteiger partial charge in [0.25, 0.3) is 0 Å². The molecule has 1 aromatic rings. The first-order valence-corrected chi connectivity index (χ1v) is 8.17. The molecule has 110 valence electrons. The van der Waals surface area contributed by atoms with Crippen LogP contribution >= 0.6 is 0 Å². The molecule has 1 aliphatic carbocycles. The summed E-state index contributed by atoms with van der Waals surface area (Å²) in [5.41, 5.74) is 3.90. The van der Waals surface area contributed by atoms with Crippen LogP contribution in [0.3, 0.4) is 0 Å². The van der Waals surface area contributed by atoms with E-state index in [2.05, 4.69) is 37.1 Å². The van der Waals surface area contributed by atoms with Gasteiger partial charge in [0.1, 0.15) is 0 Å². The van der Waals surface area contributed by atoms with E-state index in [1.165, 1.54) is 43.4 Å². The molecule has 1 heterocycles. The van der Waals surface area contributed by atoms with E-state index in [9.17, 15) is 5.11 Å². The Kier molecular flexibility index (Phi) is 4.02. The Morgan fingerprint density at radius 3 is 2.90 bits per heavy atom. The van der Waals surface area contributed by atoms with Gasteiger partial charge in [-0.2, -0.15) is 0 Å². The van der Waals surface area contributed by atoms with Crippen molar-refractivity contribution >= 4 is 5.69 Å². The van der Waals surface area contributed by atoms with Gasteiger partial charge in [0.05, 0.1) is 6.10 Å². The highest BCUT2D eigenvalue weighted by Gasteiger charge is 2.27. The Labute approximate surface area is 122 Å². The molecule has 1 aromatic carbocycles. The number of benzene rings is 1. The Morgan fingerprint density at radius 2 is 2.10 bits per heavy atom. The molecule has 0 aromatic heterocycles. The van der Waals surface area contributed by atoms with Crippen molar-refractivity contribution in [2.75, 3.05) is 18.5 Å². The average Bonchev–Trinajstić information content (AvgIpc) is 2.46. The molecule has 1 N–H and O–H groups in total. The minimum atomic E-state index is -0.268. The Morgan fingerprint density at radius 1 is 1.25 bits per heavy atom. The first kappa shape index (κ1) is 13.9. The summed E-state index contributed by atoms with van der Waals surface area (Å²) in [6, 6.07) is 6.61. The van der Waals surface area contributed by atoms with Crippen molar-refractivity contribution in [3.05, 3.63) is 29.3 Å². The SMILES string of the molecule is CC1CCCC(C(O)c2ccc3c(c2)CCCN3C)C1. The van der Waals surface area contributed by atoms with Crippen LogP contribution in [0.15, 0.2) is 18.2 Å². The number of aryl methyl sites for hydroxylation is 1.